The van der Waals surface area contributed by atoms with Crippen LogP contribution in [0.5, 0.6) is 0 Å². The van der Waals surface area contributed by atoms with Crippen LogP contribution in [0.15, 0.2) is 4.36 Å². The molecule has 1 fully saturated rings. The van der Waals surface area contributed by atoms with E-state index in [4.69, 9.17) is 0 Å². The van der Waals surface area contributed by atoms with Gasteiger partial charge in [0.1, 0.15) is 0 Å². The molecule has 2 atom stereocenters. The van der Waals surface area contributed by atoms with Gasteiger partial charge in [0.25, 0.3) is 0 Å². The summed E-state index contributed by atoms with van der Waals surface area (Å²) in [7, 11) is -0.248. The van der Waals surface area contributed by atoms with E-state index in [1.165, 1.54) is 6.42 Å². The van der Waals surface area contributed by atoms with Gasteiger partial charge in [-0.25, -0.2) is 4.36 Å². The molecule has 1 aliphatic rings. The molecule has 0 aromatic heterocycles. The predicted octanol–water partition coefficient (Wildman–Crippen LogP) is 1.47. The summed E-state index contributed by atoms with van der Waals surface area (Å²) < 4.78 is 15.6. The molecule has 1 radical (unpaired) electrons. The maximum Gasteiger partial charge on any atom is 0.0371 e. The number of nitrogens with zero attached hydrogens (tertiary/aromatic N) is 1. The molecule has 0 N–H and O–H groups in total. The zero-order valence-electron chi connectivity index (χ0n) is 6.95. The summed E-state index contributed by atoms with van der Waals surface area (Å²) >= 11 is 0. The first-order chi connectivity index (χ1) is 4.69. The topological polar surface area (TPSA) is 29.4 Å². The molecule has 63 valence electrons. The van der Waals surface area contributed by atoms with Gasteiger partial charge >= 0.3 is 0 Å². The molecule has 4 heteroatoms. The summed E-state index contributed by atoms with van der Waals surface area (Å²) in [5.41, 5.74) is 0. The van der Waals surface area contributed by atoms with Crippen molar-refractivity contribution < 1.29 is 36.9 Å². The first kappa shape index (κ1) is 12.1. The number of rotatable bonds is 0. The average Bonchev–Trinajstić information content (AvgIpc) is 1.96. The summed E-state index contributed by atoms with van der Waals surface area (Å²) in [5, 5.41) is 0.0752. The molecule has 0 aromatic carbocycles. The van der Waals surface area contributed by atoms with Crippen LogP contribution < -0.4 is 0 Å². The summed E-state index contributed by atoms with van der Waals surface area (Å²) in [5.74, 6) is 0.762. The van der Waals surface area contributed by atoms with Crippen LogP contribution in [-0.2, 0) is 42.4 Å². The SMILES string of the molecule is [CH2-]C1CCCCS1(=O)=NC.[Y]. The Bertz CT molecular complexity index is 220. The number of hydrogen-bond donors (Lipinski definition) is 0. The second-order valence-electron chi connectivity index (χ2n) is 2.69. The van der Waals surface area contributed by atoms with Crippen LogP contribution in [0.2, 0.25) is 0 Å². The van der Waals surface area contributed by atoms with Gasteiger partial charge < -0.3 is 6.92 Å². The third-order valence-electron chi connectivity index (χ3n) is 2.04. The Kier molecular flexibility index (Phi) is 5.40. The average molecular weight is 249 g/mol. The Morgan fingerprint density at radius 3 is 2.55 bits per heavy atom. The summed E-state index contributed by atoms with van der Waals surface area (Å²) in [6, 6.07) is 0. The summed E-state index contributed by atoms with van der Waals surface area (Å²) in [4.78, 5) is 0. The van der Waals surface area contributed by atoms with Crippen molar-refractivity contribution in [1.29, 1.82) is 0 Å². The van der Waals surface area contributed by atoms with Gasteiger partial charge in [-0.3, -0.25) is 4.21 Å². The first-order valence-electron chi connectivity index (χ1n) is 3.64. The van der Waals surface area contributed by atoms with E-state index in [1.807, 2.05) is 0 Å². The van der Waals surface area contributed by atoms with E-state index < -0.39 is 9.73 Å². The fourth-order valence-corrected chi connectivity index (χ4v) is 3.24. The van der Waals surface area contributed by atoms with Gasteiger partial charge in [0.15, 0.2) is 0 Å². The van der Waals surface area contributed by atoms with Crippen LogP contribution in [0.4, 0.5) is 0 Å². The fraction of sp³-hybridized carbons (Fsp3) is 0.857. The normalized spacial score (nSPS) is 37.5. The molecule has 1 saturated heterocycles. The molecule has 11 heavy (non-hydrogen) atoms. The van der Waals surface area contributed by atoms with E-state index in [0.29, 0.717) is 0 Å². The van der Waals surface area contributed by atoms with Gasteiger partial charge in [0.05, 0.1) is 0 Å². The molecule has 0 saturated carbocycles. The van der Waals surface area contributed by atoms with Gasteiger partial charge in [0, 0.05) is 55.2 Å². The molecule has 1 aliphatic heterocycles. The smallest absolute Gasteiger partial charge is 0.0371 e. The van der Waals surface area contributed by atoms with E-state index in [1.54, 1.807) is 7.05 Å². The van der Waals surface area contributed by atoms with Crippen LogP contribution in [0.1, 0.15) is 19.3 Å². The molecule has 0 aliphatic carbocycles. The van der Waals surface area contributed by atoms with Crippen LogP contribution in [0, 0.1) is 6.92 Å². The summed E-state index contributed by atoms with van der Waals surface area (Å²) in [6.07, 6.45) is 3.21. The van der Waals surface area contributed by atoms with Crippen molar-refractivity contribution in [3.05, 3.63) is 6.92 Å². The Balaban J connectivity index is 0.000001000. The van der Waals surface area contributed by atoms with Crippen molar-refractivity contribution in [2.24, 2.45) is 4.36 Å². The van der Waals surface area contributed by atoms with Gasteiger partial charge in [-0.2, -0.15) is 0 Å². The Labute approximate surface area is 94.6 Å². The summed E-state index contributed by atoms with van der Waals surface area (Å²) in [6.45, 7) is 3.85. The second kappa shape index (κ2) is 4.93. The molecule has 0 bridgehead atoms. The fourth-order valence-electron chi connectivity index (χ4n) is 1.27. The Morgan fingerprint density at radius 1 is 1.55 bits per heavy atom. The van der Waals surface area contributed by atoms with Gasteiger partial charge in [-0.1, -0.05) is 18.1 Å². The second-order valence-corrected chi connectivity index (χ2v) is 5.51. The number of hydrogen-bond acceptors (Lipinski definition) is 2. The van der Waals surface area contributed by atoms with Crippen LogP contribution in [0.3, 0.4) is 0 Å². The van der Waals surface area contributed by atoms with Crippen LogP contribution in [0.25, 0.3) is 0 Å². The molecular weight excluding hydrogens is 235 g/mol. The van der Waals surface area contributed by atoms with Gasteiger partial charge in [-0.15, -0.1) is 0 Å². The Hall–Kier alpha value is 1.05. The minimum absolute atomic E-state index is 0. The molecule has 2 unspecified atom stereocenters. The molecular formula is C7H14NOSY-. The predicted molar refractivity (Wildman–Crippen MR) is 44.4 cm³/mol. The van der Waals surface area contributed by atoms with Crippen molar-refractivity contribution in [1.82, 2.24) is 0 Å². The van der Waals surface area contributed by atoms with Gasteiger partial charge in [0.2, 0.25) is 0 Å². The maximum atomic E-state index is 11.7. The molecule has 0 spiro atoms. The van der Waals surface area contributed by atoms with E-state index in [9.17, 15) is 4.21 Å². The van der Waals surface area contributed by atoms with Crippen molar-refractivity contribution in [2.45, 2.75) is 24.5 Å². The zero-order valence-corrected chi connectivity index (χ0v) is 10.6. The largest absolute Gasteiger partial charge is 0.327 e. The molecule has 0 amide bonds. The van der Waals surface area contributed by atoms with E-state index in [0.717, 1.165) is 18.6 Å². The van der Waals surface area contributed by atoms with E-state index in [2.05, 4.69) is 11.3 Å². The standard InChI is InChI=1S/C7H14NOS.Y/c1-7-5-3-4-6-10(7,9)8-2;/h7H,1,3-6H2,2H3;/q-1;. The maximum absolute atomic E-state index is 11.7. The molecule has 0 aromatic rings. The molecule has 1 rings (SSSR count). The monoisotopic (exact) mass is 249 g/mol. The quantitative estimate of drug-likeness (QED) is 0.598. The van der Waals surface area contributed by atoms with Crippen LogP contribution in [-0.4, -0.2) is 22.3 Å². The Morgan fingerprint density at radius 2 is 2.18 bits per heavy atom. The first-order valence-corrected chi connectivity index (χ1v) is 5.38. The van der Waals surface area contributed by atoms with Crippen LogP contribution >= 0.6 is 0 Å². The van der Waals surface area contributed by atoms with Gasteiger partial charge in [-0.05, 0) is 6.42 Å². The van der Waals surface area contributed by atoms with Crippen molar-refractivity contribution in [2.75, 3.05) is 12.8 Å². The molecule has 1 heterocycles. The minimum atomic E-state index is -1.89. The van der Waals surface area contributed by atoms with Crippen molar-refractivity contribution >= 4 is 9.73 Å². The third-order valence-corrected chi connectivity index (χ3v) is 4.81. The minimum Gasteiger partial charge on any atom is -0.327 e. The third kappa shape index (κ3) is 2.78. The molecule has 2 nitrogen and oxygen atoms in total. The van der Waals surface area contributed by atoms with Crippen molar-refractivity contribution in [3.8, 4) is 0 Å². The van der Waals surface area contributed by atoms with E-state index >= 15 is 0 Å². The zero-order chi connectivity index (χ0) is 7.61. The van der Waals surface area contributed by atoms with E-state index in [-0.39, 0.29) is 38.0 Å². The van der Waals surface area contributed by atoms with Crippen molar-refractivity contribution in [3.63, 3.8) is 0 Å².